The molecule has 5 heteroatoms. The van der Waals surface area contributed by atoms with Gasteiger partial charge >= 0.3 is 0 Å². The summed E-state index contributed by atoms with van der Waals surface area (Å²) in [6, 6.07) is 1.10. The normalized spacial score (nSPS) is 30.2. The average molecular weight is 241 g/mol. The van der Waals surface area contributed by atoms with Gasteiger partial charge in [0.15, 0.2) is 0 Å². The van der Waals surface area contributed by atoms with E-state index >= 15 is 0 Å². The van der Waals surface area contributed by atoms with Crippen molar-refractivity contribution in [3.63, 3.8) is 0 Å². The van der Waals surface area contributed by atoms with Gasteiger partial charge < -0.3 is 10.4 Å². The van der Waals surface area contributed by atoms with Crippen molar-refractivity contribution in [2.45, 2.75) is 31.8 Å². The summed E-state index contributed by atoms with van der Waals surface area (Å²) in [5, 5.41) is 11.4. The van der Waals surface area contributed by atoms with Gasteiger partial charge in [0.2, 0.25) is 5.91 Å². The minimum Gasteiger partial charge on any atom is -0.395 e. The standard InChI is InChI=1S/C12H23N3O2/c1-10-7-14-5-2-3-11(14)8-15(10)9-12(17)13-4-6-16/h10-11,16H,2-9H2,1H3,(H,13,17). The van der Waals surface area contributed by atoms with Gasteiger partial charge in [0.25, 0.3) is 0 Å². The lowest BCUT2D eigenvalue weighted by Gasteiger charge is -2.41. The molecule has 5 nitrogen and oxygen atoms in total. The Hall–Kier alpha value is -0.650. The van der Waals surface area contributed by atoms with E-state index in [4.69, 9.17) is 5.11 Å². The maximum absolute atomic E-state index is 11.6. The van der Waals surface area contributed by atoms with Crippen LogP contribution in [0.1, 0.15) is 19.8 Å². The molecule has 0 spiro atoms. The maximum atomic E-state index is 11.6. The fraction of sp³-hybridized carbons (Fsp3) is 0.917. The predicted molar refractivity (Wildman–Crippen MR) is 65.7 cm³/mol. The number of aliphatic hydroxyl groups excluding tert-OH is 1. The second-order valence-corrected chi connectivity index (χ2v) is 5.14. The summed E-state index contributed by atoms with van der Waals surface area (Å²) < 4.78 is 0. The lowest BCUT2D eigenvalue weighted by Crippen LogP contribution is -2.56. The fourth-order valence-corrected chi connectivity index (χ4v) is 2.90. The highest BCUT2D eigenvalue weighted by atomic mass is 16.3. The molecule has 0 aromatic heterocycles. The largest absolute Gasteiger partial charge is 0.395 e. The first kappa shape index (κ1) is 12.8. The van der Waals surface area contributed by atoms with Crippen LogP contribution in [0.2, 0.25) is 0 Å². The first-order valence-electron chi connectivity index (χ1n) is 6.56. The third-order valence-electron chi connectivity index (χ3n) is 3.85. The highest BCUT2D eigenvalue weighted by molar-refractivity contribution is 5.78. The van der Waals surface area contributed by atoms with Crippen LogP contribution in [0.25, 0.3) is 0 Å². The van der Waals surface area contributed by atoms with Crippen LogP contribution < -0.4 is 5.32 Å². The number of carbonyl (C=O) groups excluding carboxylic acids is 1. The van der Waals surface area contributed by atoms with E-state index in [1.54, 1.807) is 0 Å². The first-order valence-corrected chi connectivity index (χ1v) is 6.56. The molecule has 0 aromatic carbocycles. The Morgan fingerprint density at radius 1 is 1.47 bits per heavy atom. The lowest BCUT2D eigenvalue weighted by atomic mass is 10.1. The highest BCUT2D eigenvalue weighted by Gasteiger charge is 2.34. The Kier molecular flexibility index (Phi) is 4.36. The fourth-order valence-electron chi connectivity index (χ4n) is 2.90. The zero-order valence-electron chi connectivity index (χ0n) is 10.6. The van der Waals surface area contributed by atoms with Crippen molar-refractivity contribution in [1.82, 2.24) is 15.1 Å². The molecule has 17 heavy (non-hydrogen) atoms. The van der Waals surface area contributed by atoms with Crippen LogP contribution in [0, 0.1) is 0 Å². The van der Waals surface area contributed by atoms with Crippen molar-refractivity contribution < 1.29 is 9.90 Å². The molecule has 2 fully saturated rings. The van der Waals surface area contributed by atoms with Gasteiger partial charge in [-0.3, -0.25) is 14.6 Å². The molecule has 2 atom stereocenters. The van der Waals surface area contributed by atoms with Crippen LogP contribution in [-0.4, -0.2) is 72.2 Å². The topological polar surface area (TPSA) is 55.8 Å². The molecule has 0 saturated carbocycles. The molecule has 0 radical (unpaired) electrons. The first-order chi connectivity index (χ1) is 8.20. The third kappa shape index (κ3) is 3.18. The molecule has 2 rings (SSSR count). The molecule has 1 amide bonds. The molecule has 2 saturated heterocycles. The van der Waals surface area contributed by atoms with Crippen LogP contribution in [0.15, 0.2) is 0 Å². The summed E-state index contributed by atoms with van der Waals surface area (Å²) in [6.45, 7) is 6.33. The second kappa shape index (κ2) is 5.80. The van der Waals surface area contributed by atoms with Crippen LogP contribution in [0.3, 0.4) is 0 Å². The van der Waals surface area contributed by atoms with Crippen molar-refractivity contribution >= 4 is 5.91 Å². The molecule has 2 aliphatic rings. The van der Waals surface area contributed by atoms with E-state index in [1.807, 2.05) is 0 Å². The number of hydrogen-bond donors (Lipinski definition) is 2. The Labute approximate surface area is 103 Å². The number of rotatable bonds is 4. The summed E-state index contributed by atoms with van der Waals surface area (Å²) in [4.78, 5) is 16.4. The van der Waals surface area contributed by atoms with Crippen LogP contribution in [-0.2, 0) is 4.79 Å². The number of fused-ring (bicyclic) bond motifs is 1. The summed E-state index contributed by atoms with van der Waals surface area (Å²) in [6.07, 6.45) is 2.56. The van der Waals surface area contributed by atoms with E-state index in [2.05, 4.69) is 22.0 Å². The van der Waals surface area contributed by atoms with E-state index in [0.717, 1.165) is 13.1 Å². The minimum absolute atomic E-state index is 0.0116. The number of amides is 1. The smallest absolute Gasteiger partial charge is 0.234 e. The number of piperazine rings is 1. The van der Waals surface area contributed by atoms with Crippen LogP contribution in [0.5, 0.6) is 0 Å². The van der Waals surface area contributed by atoms with Crippen molar-refractivity contribution in [3.05, 3.63) is 0 Å². The van der Waals surface area contributed by atoms with Gasteiger partial charge in [-0.15, -0.1) is 0 Å². The summed E-state index contributed by atoms with van der Waals surface area (Å²) in [5.74, 6) is 0.0253. The molecule has 0 aliphatic carbocycles. The quantitative estimate of drug-likeness (QED) is 0.681. The maximum Gasteiger partial charge on any atom is 0.234 e. The Morgan fingerprint density at radius 2 is 2.29 bits per heavy atom. The van der Waals surface area contributed by atoms with Crippen LogP contribution >= 0.6 is 0 Å². The lowest BCUT2D eigenvalue weighted by molar-refractivity contribution is -0.123. The highest BCUT2D eigenvalue weighted by Crippen LogP contribution is 2.24. The van der Waals surface area contributed by atoms with E-state index in [0.29, 0.717) is 25.2 Å². The molecule has 2 unspecified atom stereocenters. The van der Waals surface area contributed by atoms with Crippen molar-refractivity contribution in [3.8, 4) is 0 Å². The molecule has 2 heterocycles. The van der Waals surface area contributed by atoms with Gasteiger partial charge in [-0.2, -0.15) is 0 Å². The minimum atomic E-state index is 0.0116. The SMILES string of the molecule is CC1CN2CCCC2CN1CC(=O)NCCO. The van der Waals surface area contributed by atoms with Gasteiger partial charge in [0.1, 0.15) is 0 Å². The summed E-state index contributed by atoms with van der Waals surface area (Å²) in [7, 11) is 0. The van der Waals surface area contributed by atoms with Crippen LogP contribution in [0.4, 0.5) is 0 Å². The van der Waals surface area contributed by atoms with Crippen molar-refractivity contribution in [2.24, 2.45) is 0 Å². The molecule has 98 valence electrons. The summed E-state index contributed by atoms with van der Waals surface area (Å²) in [5.41, 5.74) is 0. The molecule has 0 aromatic rings. The van der Waals surface area contributed by atoms with Crippen molar-refractivity contribution in [1.29, 1.82) is 0 Å². The number of nitrogens with zero attached hydrogens (tertiary/aromatic N) is 2. The van der Waals surface area contributed by atoms with Gasteiger partial charge in [-0.25, -0.2) is 0 Å². The summed E-state index contributed by atoms with van der Waals surface area (Å²) >= 11 is 0. The molecule has 2 aliphatic heterocycles. The Bertz CT molecular complexity index is 272. The van der Waals surface area contributed by atoms with Gasteiger partial charge in [-0.1, -0.05) is 0 Å². The second-order valence-electron chi connectivity index (χ2n) is 5.14. The van der Waals surface area contributed by atoms with Gasteiger partial charge in [0, 0.05) is 31.7 Å². The average Bonchev–Trinajstić information content (AvgIpc) is 2.74. The van der Waals surface area contributed by atoms with Crippen molar-refractivity contribution in [2.75, 3.05) is 39.3 Å². The number of aliphatic hydroxyl groups is 1. The van der Waals surface area contributed by atoms with E-state index in [9.17, 15) is 4.79 Å². The zero-order valence-corrected chi connectivity index (χ0v) is 10.6. The van der Waals surface area contributed by atoms with E-state index in [-0.39, 0.29) is 12.5 Å². The number of carbonyl (C=O) groups is 1. The van der Waals surface area contributed by atoms with E-state index in [1.165, 1.54) is 19.4 Å². The van der Waals surface area contributed by atoms with Gasteiger partial charge in [-0.05, 0) is 26.3 Å². The Balaban J connectivity index is 1.81. The third-order valence-corrected chi connectivity index (χ3v) is 3.85. The van der Waals surface area contributed by atoms with Gasteiger partial charge in [0.05, 0.1) is 13.2 Å². The molecular formula is C12H23N3O2. The zero-order chi connectivity index (χ0) is 12.3. The van der Waals surface area contributed by atoms with E-state index < -0.39 is 0 Å². The molecular weight excluding hydrogens is 218 g/mol. The Morgan fingerprint density at radius 3 is 3.06 bits per heavy atom. The molecule has 2 N–H and O–H groups in total. The number of nitrogens with one attached hydrogen (secondary N) is 1. The monoisotopic (exact) mass is 241 g/mol. The number of hydrogen-bond acceptors (Lipinski definition) is 4. The predicted octanol–water partition coefficient (Wildman–Crippen LogP) is -0.737. The molecule has 0 bridgehead atoms.